The molecule has 29 heavy (non-hydrogen) atoms. The van der Waals surface area contributed by atoms with Crippen LogP contribution in [0.1, 0.15) is 52.9 Å². The van der Waals surface area contributed by atoms with E-state index in [9.17, 15) is 14.4 Å². The maximum atomic E-state index is 12.3. The van der Waals surface area contributed by atoms with Crippen molar-refractivity contribution in [3.05, 3.63) is 0 Å². The lowest BCUT2D eigenvalue weighted by Crippen LogP contribution is -2.61. The number of methoxy groups -OCH3 is 1. The fraction of sp³-hybridized carbons (Fsp3) is 0.842. The largest absolute Gasteiger partial charge is 0.467 e. The first-order valence-corrected chi connectivity index (χ1v) is 9.83. The van der Waals surface area contributed by atoms with Crippen LogP contribution in [0.2, 0.25) is 0 Å². The smallest absolute Gasteiger partial charge is 0.339 e. The summed E-state index contributed by atoms with van der Waals surface area (Å²) in [5.41, 5.74) is 0. The number of ether oxygens (including phenoxy) is 7. The van der Waals surface area contributed by atoms with Crippen molar-refractivity contribution in [3.8, 4) is 0 Å². The molecule has 1 unspecified atom stereocenters. The molecule has 6 atom stereocenters. The lowest BCUT2D eigenvalue weighted by molar-refractivity contribution is -0.360. The molecular formula is C19H28O10. The Hall–Kier alpha value is -1.75. The van der Waals surface area contributed by atoms with Gasteiger partial charge < -0.3 is 28.4 Å². The number of carbonyl (C=O) groups excluding carboxylic acids is 3. The summed E-state index contributed by atoms with van der Waals surface area (Å²) in [6.45, 7) is 3.98. The van der Waals surface area contributed by atoms with Gasteiger partial charge in [0.05, 0.1) is 13.2 Å². The molecular weight excluding hydrogens is 388 g/mol. The van der Waals surface area contributed by atoms with Crippen LogP contribution in [0.15, 0.2) is 0 Å². The van der Waals surface area contributed by atoms with E-state index in [4.69, 9.17) is 33.2 Å². The van der Waals surface area contributed by atoms with Crippen LogP contribution in [0.3, 0.4) is 0 Å². The monoisotopic (exact) mass is 416 g/mol. The summed E-state index contributed by atoms with van der Waals surface area (Å²) in [6.07, 6.45) is -0.802. The average Bonchev–Trinajstić information content (AvgIpc) is 2.98. The second-order valence-electron chi connectivity index (χ2n) is 7.54. The normalized spacial score (nSPS) is 37.4. The summed E-state index contributed by atoms with van der Waals surface area (Å²) in [5.74, 6) is -3.57. The Morgan fingerprint density at radius 1 is 0.931 bits per heavy atom. The molecule has 3 rings (SSSR count). The first-order valence-electron chi connectivity index (χ1n) is 9.83. The standard InChI is InChI=1S/C19H28O10/c1-10(20)24-13-14(25-11(2)21)16-18(26-15(13)17(22)23-4)29-19(3,28-16)27-12-8-6-5-7-9-12/h12-16,18H,5-9H2,1-4H3/t13-,14-,15-,16+,18+,19?/m0/s1. The zero-order chi connectivity index (χ0) is 21.2. The number of esters is 3. The second-order valence-corrected chi connectivity index (χ2v) is 7.54. The van der Waals surface area contributed by atoms with Crippen molar-refractivity contribution >= 4 is 17.9 Å². The zero-order valence-corrected chi connectivity index (χ0v) is 17.1. The van der Waals surface area contributed by atoms with Crippen LogP contribution in [-0.2, 0) is 47.5 Å². The summed E-state index contributed by atoms with van der Waals surface area (Å²) in [4.78, 5) is 35.6. The molecule has 0 aromatic carbocycles. The Labute approximate surface area is 169 Å². The van der Waals surface area contributed by atoms with Gasteiger partial charge in [0.15, 0.2) is 30.7 Å². The fourth-order valence-corrected chi connectivity index (χ4v) is 4.01. The molecule has 0 aromatic heterocycles. The molecule has 10 nitrogen and oxygen atoms in total. The van der Waals surface area contributed by atoms with Crippen molar-refractivity contribution in [1.29, 1.82) is 0 Å². The third-order valence-corrected chi connectivity index (χ3v) is 5.15. The number of hydrogen-bond donors (Lipinski definition) is 0. The van der Waals surface area contributed by atoms with Crippen LogP contribution >= 0.6 is 0 Å². The van der Waals surface area contributed by atoms with Gasteiger partial charge in [-0.1, -0.05) is 19.3 Å². The van der Waals surface area contributed by atoms with Crippen LogP contribution in [-0.4, -0.2) is 67.8 Å². The minimum atomic E-state index is -1.46. The van der Waals surface area contributed by atoms with Gasteiger partial charge in [0.25, 0.3) is 5.97 Å². The molecule has 1 saturated carbocycles. The minimum absolute atomic E-state index is 0.0400. The average molecular weight is 416 g/mol. The van der Waals surface area contributed by atoms with Gasteiger partial charge in [0, 0.05) is 20.8 Å². The zero-order valence-electron chi connectivity index (χ0n) is 17.1. The topological polar surface area (TPSA) is 116 Å². The highest BCUT2D eigenvalue weighted by Crippen LogP contribution is 2.41. The summed E-state index contributed by atoms with van der Waals surface area (Å²) < 4.78 is 38.9. The van der Waals surface area contributed by atoms with Gasteiger partial charge in [-0.15, -0.1) is 0 Å². The highest BCUT2D eigenvalue weighted by atomic mass is 16.9. The number of carbonyl (C=O) groups is 3. The molecule has 10 heteroatoms. The summed E-state index contributed by atoms with van der Waals surface area (Å²) in [6, 6.07) is 0. The van der Waals surface area contributed by atoms with Crippen molar-refractivity contribution in [3.63, 3.8) is 0 Å². The second kappa shape index (κ2) is 8.95. The molecule has 1 aliphatic carbocycles. The van der Waals surface area contributed by atoms with Gasteiger partial charge in [0.1, 0.15) is 0 Å². The lowest BCUT2D eigenvalue weighted by Gasteiger charge is -2.39. The molecule has 0 spiro atoms. The molecule has 0 N–H and O–H groups in total. The van der Waals surface area contributed by atoms with Gasteiger partial charge in [-0.3, -0.25) is 14.3 Å². The number of hydrogen-bond acceptors (Lipinski definition) is 10. The minimum Gasteiger partial charge on any atom is -0.467 e. The summed E-state index contributed by atoms with van der Waals surface area (Å²) in [7, 11) is 1.17. The Bertz CT molecular complexity index is 630. The molecule has 0 radical (unpaired) electrons. The number of fused-ring (bicyclic) bond motifs is 1. The first kappa shape index (κ1) is 21.9. The van der Waals surface area contributed by atoms with Gasteiger partial charge in [-0.2, -0.15) is 0 Å². The molecule has 0 bridgehead atoms. The quantitative estimate of drug-likeness (QED) is 0.478. The van der Waals surface area contributed by atoms with E-state index in [2.05, 4.69) is 0 Å². The molecule has 0 amide bonds. The number of rotatable bonds is 5. The van der Waals surface area contributed by atoms with E-state index in [1.54, 1.807) is 6.92 Å². The van der Waals surface area contributed by atoms with Crippen LogP contribution < -0.4 is 0 Å². The van der Waals surface area contributed by atoms with E-state index in [1.165, 1.54) is 21.0 Å². The van der Waals surface area contributed by atoms with Crippen molar-refractivity contribution in [2.24, 2.45) is 0 Å². The van der Waals surface area contributed by atoms with Crippen molar-refractivity contribution < 1.29 is 47.5 Å². The van der Waals surface area contributed by atoms with E-state index in [0.717, 1.165) is 32.1 Å². The highest BCUT2D eigenvalue weighted by Gasteiger charge is 2.61. The van der Waals surface area contributed by atoms with Gasteiger partial charge >= 0.3 is 17.9 Å². The maximum absolute atomic E-state index is 12.3. The lowest BCUT2D eigenvalue weighted by atomic mass is 9.98. The summed E-state index contributed by atoms with van der Waals surface area (Å²) >= 11 is 0. The molecule has 0 aromatic rings. The highest BCUT2D eigenvalue weighted by molar-refractivity contribution is 5.77. The molecule has 3 aliphatic rings. The van der Waals surface area contributed by atoms with E-state index in [1.807, 2.05) is 0 Å². The molecule has 3 fully saturated rings. The third kappa shape index (κ3) is 5.06. The molecule has 2 aliphatic heterocycles. The van der Waals surface area contributed by atoms with Crippen LogP contribution in [0.25, 0.3) is 0 Å². The first-order chi connectivity index (χ1) is 13.7. The van der Waals surface area contributed by atoms with Crippen molar-refractivity contribution in [1.82, 2.24) is 0 Å². The van der Waals surface area contributed by atoms with E-state index >= 15 is 0 Å². The Morgan fingerprint density at radius 3 is 2.14 bits per heavy atom. The van der Waals surface area contributed by atoms with Gasteiger partial charge in [-0.05, 0) is 12.8 Å². The Morgan fingerprint density at radius 2 is 1.55 bits per heavy atom. The maximum Gasteiger partial charge on any atom is 0.339 e. The summed E-state index contributed by atoms with van der Waals surface area (Å²) in [5, 5.41) is 0. The van der Waals surface area contributed by atoms with Crippen molar-refractivity contribution in [2.75, 3.05) is 7.11 Å². The van der Waals surface area contributed by atoms with Gasteiger partial charge in [-0.25, -0.2) is 4.79 Å². The van der Waals surface area contributed by atoms with E-state index in [0.29, 0.717) is 0 Å². The van der Waals surface area contributed by atoms with E-state index in [-0.39, 0.29) is 6.10 Å². The van der Waals surface area contributed by atoms with Crippen LogP contribution in [0, 0.1) is 0 Å². The van der Waals surface area contributed by atoms with Crippen molar-refractivity contribution in [2.45, 2.75) is 95.7 Å². The Kier molecular flexibility index (Phi) is 6.77. The molecule has 164 valence electrons. The molecule has 2 saturated heterocycles. The predicted molar refractivity (Wildman–Crippen MR) is 94.1 cm³/mol. The molecule has 2 heterocycles. The fourth-order valence-electron chi connectivity index (χ4n) is 4.01. The van der Waals surface area contributed by atoms with Crippen LogP contribution in [0.4, 0.5) is 0 Å². The van der Waals surface area contributed by atoms with Crippen LogP contribution in [0.5, 0.6) is 0 Å². The predicted octanol–water partition coefficient (Wildman–Crippen LogP) is 1.19. The SMILES string of the molecule is COC(=O)[C@H]1O[C@@H]2OC(C)(OC3CCCCC3)O[C@@H]2[C@@H](OC(C)=O)[C@@H]1OC(C)=O. The third-order valence-electron chi connectivity index (χ3n) is 5.15. The Balaban J connectivity index is 1.84. The van der Waals surface area contributed by atoms with Gasteiger partial charge in [0.2, 0.25) is 0 Å². The van der Waals surface area contributed by atoms with E-state index < -0.39 is 54.6 Å².